The smallest absolute Gasteiger partial charge is 0.420 e. The molecule has 34 heavy (non-hydrogen) atoms. The SMILES string of the molecule is N#Cc1cnc(Oc2ccc(NC(=O)NC(=O)c3c(Cl)cccc3Cl)cc2C(F)(F)F)c(Cl)c1. The van der Waals surface area contributed by atoms with Gasteiger partial charge in [-0.25, -0.2) is 9.78 Å². The van der Waals surface area contributed by atoms with Crippen LogP contribution in [0.25, 0.3) is 0 Å². The number of carbonyl (C=O) groups excluding carboxylic acids is 2. The van der Waals surface area contributed by atoms with Gasteiger partial charge in [-0.3, -0.25) is 10.1 Å². The number of ether oxygens (including phenoxy) is 1. The molecule has 0 spiro atoms. The Morgan fingerprint density at radius 3 is 2.29 bits per heavy atom. The van der Waals surface area contributed by atoms with Gasteiger partial charge in [0.25, 0.3) is 5.91 Å². The molecule has 174 valence electrons. The predicted octanol–water partition coefficient (Wildman–Crippen LogP) is 6.69. The molecule has 0 atom stereocenters. The number of hydrogen-bond donors (Lipinski definition) is 2. The molecule has 0 aliphatic rings. The molecular weight excluding hydrogens is 520 g/mol. The van der Waals surface area contributed by atoms with Crippen molar-refractivity contribution in [3.8, 4) is 17.7 Å². The largest absolute Gasteiger partial charge is 0.437 e. The maximum atomic E-state index is 13.6. The van der Waals surface area contributed by atoms with Gasteiger partial charge in [-0.15, -0.1) is 0 Å². The lowest BCUT2D eigenvalue weighted by Gasteiger charge is -2.16. The Labute approximate surface area is 205 Å². The number of urea groups is 1. The number of alkyl halides is 3. The van der Waals surface area contributed by atoms with Gasteiger partial charge < -0.3 is 10.1 Å². The van der Waals surface area contributed by atoms with E-state index in [0.29, 0.717) is 6.07 Å². The van der Waals surface area contributed by atoms with Gasteiger partial charge in [0.05, 0.1) is 21.2 Å². The first-order chi connectivity index (χ1) is 16.0. The standard InChI is InChI=1S/C21H10Cl3F3N4O3/c22-13-2-1-3-14(23)17(13)18(32)31-20(33)30-11-4-5-16(12(7-11)21(25,26)27)34-19-15(24)6-10(8-28)9-29-19/h1-7,9H,(H2,30,31,32,33). The number of nitrogens with one attached hydrogen (secondary N) is 2. The minimum atomic E-state index is -4.89. The molecule has 1 heterocycles. The van der Waals surface area contributed by atoms with Crippen molar-refractivity contribution in [2.75, 3.05) is 5.32 Å². The third-order valence-electron chi connectivity index (χ3n) is 4.10. The normalized spacial score (nSPS) is 10.9. The summed E-state index contributed by atoms with van der Waals surface area (Å²) in [6, 6.07) is 8.72. The first-order valence-corrected chi connectivity index (χ1v) is 10.1. The summed E-state index contributed by atoms with van der Waals surface area (Å²) in [5.74, 6) is -1.96. The molecule has 0 bridgehead atoms. The van der Waals surface area contributed by atoms with E-state index >= 15 is 0 Å². The Balaban J connectivity index is 1.82. The average molecular weight is 530 g/mol. The minimum absolute atomic E-state index is 0.0197. The summed E-state index contributed by atoms with van der Waals surface area (Å²) in [5.41, 5.74) is -1.64. The van der Waals surface area contributed by atoms with Crippen LogP contribution in [0.15, 0.2) is 48.7 Å². The quantitative estimate of drug-likeness (QED) is 0.392. The van der Waals surface area contributed by atoms with Gasteiger partial charge in [0.1, 0.15) is 22.4 Å². The van der Waals surface area contributed by atoms with Crippen molar-refractivity contribution in [1.82, 2.24) is 10.3 Å². The van der Waals surface area contributed by atoms with E-state index in [-0.39, 0.29) is 37.8 Å². The lowest BCUT2D eigenvalue weighted by molar-refractivity contribution is -0.138. The fourth-order valence-corrected chi connectivity index (χ4v) is 3.40. The van der Waals surface area contributed by atoms with E-state index in [1.54, 1.807) is 6.07 Å². The van der Waals surface area contributed by atoms with Crippen molar-refractivity contribution in [2.24, 2.45) is 0 Å². The van der Waals surface area contributed by atoms with Crippen LogP contribution in [-0.2, 0) is 6.18 Å². The van der Waals surface area contributed by atoms with Gasteiger partial charge in [0, 0.05) is 11.9 Å². The molecule has 3 amide bonds. The summed E-state index contributed by atoms with van der Waals surface area (Å²) in [6.45, 7) is 0. The average Bonchev–Trinajstić information content (AvgIpc) is 2.75. The molecule has 2 N–H and O–H groups in total. The molecule has 0 unspecified atom stereocenters. The van der Waals surface area contributed by atoms with Crippen molar-refractivity contribution >= 4 is 52.4 Å². The van der Waals surface area contributed by atoms with Crippen molar-refractivity contribution in [3.63, 3.8) is 0 Å². The zero-order valence-corrected chi connectivity index (χ0v) is 18.8. The molecule has 0 saturated heterocycles. The fourth-order valence-electron chi connectivity index (χ4n) is 2.63. The molecule has 2 aromatic carbocycles. The van der Waals surface area contributed by atoms with Crippen molar-refractivity contribution in [2.45, 2.75) is 6.18 Å². The monoisotopic (exact) mass is 528 g/mol. The van der Waals surface area contributed by atoms with Gasteiger partial charge in [0.15, 0.2) is 0 Å². The number of anilines is 1. The Bertz CT molecular complexity index is 1310. The number of amides is 3. The number of halogens is 6. The van der Waals surface area contributed by atoms with E-state index < -0.39 is 29.4 Å². The summed E-state index contributed by atoms with van der Waals surface area (Å²) in [5, 5.41) is 12.7. The number of benzene rings is 2. The molecule has 1 aromatic heterocycles. The highest BCUT2D eigenvalue weighted by molar-refractivity contribution is 6.40. The van der Waals surface area contributed by atoms with Crippen LogP contribution in [0.1, 0.15) is 21.5 Å². The van der Waals surface area contributed by atoms with Gasteiger partial charge in [-0.05, 0) is 36.4 Å². The zero-order valence-electron chi connectivity index (χ0n) is 16.5. The molecule has 0 saturated carbocycles. The number of pyridine rings is 1. The molecular formula is C21H10Cl3F3N4O3. The van der Waals surface area contributed by atoms with Crippen molar-refractivity contribution in [1.29, 1.82) is 5.26 Å². The molecule has 3 rings (SSSR count). The molecule has 3 aromatic rings. The number of aromatic nitrogens is 1. The number of nitriles is 1. The van der Waals surface area contributed by atoms with Gasteiger partial charge in [0.2, 0.25) is 5.88 Å². The van der Waals surface area contributed by atoms with Crippen molar-refractivity contribution in [3.05, 3.63) is 80.4 Å². The summed E-state index contributed by atoms with van der Waals surface area (Å²) >= 11 is 17.7. The van der Waals surface area contributed by atoms with E-state index in [4.69, 9.17) is 44.8 Å². The fraction of sp³-hybridized carbons (Fsp3) is 0.0476. The van der Waals surface area contributed by atoms with E-state index in [9.17, 15) is 22.8 Å². The highest BCUT2D eigenvalue weighted by Gasteiger charge is 2.35. The second-order valence-corrected chi connectivity index (χ2v) is 7.66. The highest BCUT2D eigenvalue weighted by atomic mass is 35.5. The molecule has 0 radical (unpaired) electrons. The van der Waals surface area contributed by atoms with Crippen LogP contribution in [0.2, 0.25) is 15.1 Å². The second-order valence-electron chi connectivity index (χ2n) is 6.44. The Morgan fingerprint density at radius 1 is 1.03 bits per heavy atom. The van der Waals surface area contributed by atoms with Gasteiger partial charge >= 0.3 is 12.2 Å². The number of rotatable bonds is 4. The lowest BCUT2D eigenvalue weighted by atomic mass is 10.1. The van der Waals surface area contributed by atoms with E-state index in [1.807, 2.05) is 5.32 Å². The molecule has 0 aliphatic heterocycles. The van der Waals surface area contributed by atoms with E-state index in [2.05, 4.69) is 10.3 Å². The third kappa shape index (κ3) is 5.88. The molecule has 7 nitrogen and oxygen atoms in total. The first kappa shape index (κ1) is 25.1. The number of hydrogen-bond acceptors (Lipinski definition) is 5. The van der Waals surface area contributed by atoms with Crippen LogP contribution in [0.3, 0.4) is 0 Å². The van der Waals surface area contributed by atoms with E-state index in [0.717, 1.165) is 18.3 Å². The van der Waals surface area contributed by atoms with Crippen LogP contribution in [-0.4, -0.2) is 16.9 Å². The Hall–Kier alpha value is -3.52. The number of nitrogens with zero attached hydrogens (tertiary/aromatic N) is 2. The third-order valence-corrected chi connectivity index (χ3v) is 5.00. The number of imide groups is 1. The minimum Gasteiger partial charge on any atom is -0.437 e. The number of carbonyl (C=O) groups is 2. The topological polar surface area (TPSA) is 104 Å². The van der Waals surface area contributed by atoms with E-state index in [1.165, 1.54) is 24.3 Å². The molecule has 0 aliphatic carbocycles. The van der Waals surface area contributed by atoms with Crippen molar-refractivity contribution < 1.29 is 27.5 Å². The second kappa shape index (κ2) is 10.2. The molecule has 0 fully saturated rings. The van der Waals surface area contributed by atoms with Crippen LogP contribution < -0.4 is 15.4 Å². The van der Waals surface area contributed by atoms with Gasteiger partial charge in [-0.2, -0.15) is 18.4 Å². The lowest BCUT2D eigenvalue weighted by Crippen LogP contribution is -2.34. The van der Waals surface area contributed by atoms with Crippen LogP contribution >= 0.6 is 34.8 Å². The summed E-state index contributed by atoms with van der Waals surface area (Å²) in [7, 11) is 0. The summed E-state index contributed by atoms with van der Waals surface area (Å²) < 4.78 is 46.1. The zero-order chi connectivity index (χ0) is 25.0. The highest BCUT2D eigenvalue weighted by Crippen LogP contribution is 2.40. The van der Waals surface area contributed by atoms with Crippen LogP contribution in [0.4, 0.5) is 23.7 Å². The van der Waals surface area contributed by atoms with Gasteiger partial charge in [-0.1, -0.05) is 40.9 Å². The van der Waals surface area contributed by atoms with Crippen LogP contribution in [0.5, 0.6) is 11.6 Å². The summed E-state index contributed by atoms with van der Waals surface area (Å²) in [6.07, 6.45) is -3.81. The Morgan fingerprint density at radius 2 is 1.71 bits per heavy atom. The molecule has 13 heteroatoms. The maximum absolute atomic E-state index is 13.6. The maximum Gasteiger partial charge on any atom is 0.420 e. The predicted molar refractivity (Wildman–Crippen MR) is 118 cm³/mol. The first-order valence-electron chi connectivity index (χ1n) is 9.00. The Kier molecular flexibility index (Phi) is 7.51. The summed E-state index contributed by atoms with van der Waals surface area (Å²) in [4.78, 5) is 28.2. The van der Waals surface area contributed by atoms with Crippen LogP contribution in [0, 0.1) is 11.3 Å².